The Labute approximate surface area is 148 Å². The Morgan fingerprint density at radius 3 is 2.20 bits per heavy atom. The van der Waals surface area contributed by atoms with Gasteiger partial charge in [-0.25, -0.2) is 0 Å². The van der Waals surface area contributed by atoms with Crippen LogP contribution < -0.4 is 10.4 Å². The first-order valence-corrected chi connectivity index (χ1v) is 8.64. The Balaban J connectivity index is 1.71. The molecule has 0 saturated carbocycles. The smallest absolute Gasteiger partial charge is 0.399 e. The van der Waals surface area contributed by atoms with E-state index >= 15 is 0 Å². The normalized spacial score (nSPS) is 20.9. The predicted octanol–water partition coefficient (Wildman–Crippen LogP) is 3.15. The fourth-order valence-corrected chi connectivity index (χ4v) is 3.36. The van der Waals surface area contributed by atoms with Crippen molar-refractivity contribution in [3.05, 3.63) is 59.7 Å². The molecule has 4 nitrogen and oxygen atoms in total. The van der Waals surface area contributed by atoms with Gasteiger partial charge in [0.25, 0.3) is 5.91 Å². The minimum absolute atomic E-state index is 0.0274. The molecule has 5 heteroatoms. The first-order valence-electron chi connectivity index (χ1n) is 8.64. The average Bonchev–Trinajstić information content (AvgIpc) is 3.02. The Morgan fingerprint density at radius 2 is 1.56 bits per heavy atom. The van der Waals surface area contributed by atoms with Gasteiger partial charge in [-0.15, -0.1) is 0 Å². The zero-order chi connectivity index (χ0) is 17.8. The molecule has 25 heavy (non-hydrogen) atoms. The van der Waals surface area contributed by atoms with Crippen LogP contribution in [0.15, 0.2) is 48.5 Å². The molecule has 2 aromatic rings. The van der Waals surface area contributed by atoms with Gasteiger partial charge in [-0.3, -0.25) is 4.79 Å². The van der Waals surface area contributed by atoms with Gasteiger partial charge in [-0.05, 0) is 56.9 Å². The van der Waals surface area contributed by atoms with Crippen LogP contribution >= 0.6 is 0 Å². The van der Waals surface area contributed by atoms with Gasteiger partial charge in [-0.2, -0.15) is 0 Å². The van der Waals surface area contributed by atoms with Crippen LogP contribution in [0.4, 0.5) is 5.69 Å². The number of anilines is 1. The Bertz CT molecular complexity index is 816. The van der Waals surface area contributed by atoms with Gasteiger partial charge in [0.1, 0.15) is 0 Å². The van der Waals surface area contributed by atoms with E-state index in [1.807, 2.05) is 76.2 Å². The Hall–Kier alpha value is -2.11. The van der Waals surface area contributed by atoms with E-state index in [1.54, 1.807) is 4.90 Å². The molecule has 0 bridgehead atoms. The van der Waals surface area contributed by atoms with Crippen molar-refractivity contribution in [1.29, 1.82) is 0 Å². The highest BCUT2D eigenvalue weighted by Crippen LogP contribution is 2.37. The van der Waals surface area contributed by atoms with Gasteiger partial charge in [0.05, 0.1) is 17.7 Å². The van der Waals surface area contributed by atoms with E-state index in [1.165, 1.54) is 0 Å². The van der Waals surface area contributed by atoms with Crippen LogP contribution in [0.25, 0.3) is 0 Å². The van der Waals surface area contributed by atoms with E-state index in [-0.39, 0.29) is 5.91 Å². The highest BCUT2D eigenvalue weighted by atomic mass is 16.7. The van der Waals surface area contributed by atoms with Gasteiger partial charge in [0, 0.05) is 11.3 Å². The summed E-state index contributed by atoms with van der Waals surface area (Å²) in [4.78, 5) is 14.7. The second-order valence-electron chi connectivity index (χ2n) is 7.69. The van der Waals surface area contributed by atoms with E-state index in [2.05, 4.69) is 0 Å². The van der Waals surface area contributed by atoms with Gasteiger partial charge in [0.15, 0.2) is 0 Å². The average molecular weight is 335 g/mol. The largest absolute Gasteiger partial charge is 0.495 e. The molecule has 128 valence electrons. The standard InChI is InChI=1S/C20H22BNO3/c1-19(2)20(3,4)25-21(24-19)17-12-8-11-15-16(17)13-22(18(15)23)14-9-6-5-7-10-14/h5-12H,13H2,1-4H3. The molecule has 4 rings (SSSR count). The second-order valence-corrected chi connectivity index (χ2v) is 7.69. The summed E-state index contributed by atoms with van der Waals surface area (Å²) in [6, 6.07) is 15.6. The summed E-state index contributed by atoms with van der Waals surface area (Å²) >= 11 is 0. The van der Waals surface area contributed by atoms with Crippen molar-refractivity contribution in [1.82, 2.24) is 0 Å². The summed E-state index contributed by atoms with van der Waals surface area (Å²) in [5, 5.41) is 0. The van der Waals surface area contributed by atoms with Crippen molar-refractivity contribution in [3.8, 4) is 0 Å². The summed E-state index contributed by atoms with van der Waals surface area (Å²) in [6.07, 6.45) is 0. The van der Waals surface area contributed by atoms with E-state index in [0.29, 0.717) is 6.54 Å². The number of benzene rings is 2. The molecule has 2 aliphatic heterocycles. The minimum atomic E-state index is -0.455. The lowest BCUT2D eigenvalue weighted by Gasteiger charge is -2.32. The van der Waals surface area contributed by atoms with E-state index in [4.69, 9.17) is 9.31 Å². The van der Waals surface area contributed by atoms with Gasteiger partial charge < -0.3 is 14.2 Å². The number of carbonyl (C=O) groups is 1. The van der Waals surface area contributed by atoms with Crippen LogP contribution in [0.1, 0.15) is 43.6 Å². The third kappa shape index (κ3) is 2.50. The minimum Gasteiger partial charge on any atom is -0.399 e. The van der Waals surface area contributed by atoms with Crippen LogP contribution in [0, 0.1) is 0 Å². The molecule has 0 aliphatic carbocycles. The number of nitrogens with zero attached hydrogens (tertiary/aromatic N) is 1. The van der Waals surface area contributed by atoms with Gasteiger partial charge in [-0.1, -0.05) is 30.3 Å². The molecule has 0 spiro atoms. The zero-order valence-electron chi connectivity index (χ0n) is 15.1. The first kappa shape index (κ1) is 16.4. The van der Waals surface area contributed by atoms with Crippen LogP contribution in [-0.2, 0) is 15.9 Å². The summed E-state index contributed by atoms with van der Waals surface area (Å²) < 4.78 is 12.4. The number of para-hydroxylation sites is 1. The first-order chi connectivity index (χ1) is 11.8. The maximum Gasteiger partial charge on any atom is 0.495 e. The maximum atomic E-state index is 12.9. The third-order valence-electron chi connectivity index (χ3n) is 5.58. The van der Waals surface area contributed by atoms with Gasteiger partial charge >= 0.3 is 7.12 Å². The molecule has 1 amide bonds. The highest BCUT2D eigenvalue weighted by molar-refractivity contribution is 6.63. The van der Waals surface area contributed by atoms with Crippen molar-refractivity contribution < 1.29 is 14.1 Å². The molecule has 1 fully saturated rings. The van der Waals surface area contributed by atoms with Crippen molar-refractivity contribution in [2.75, 3.05) is 4.90 Å². The SMILES string of the molecule is CC1(C)OB(c2cccc3c2CN(c2ccccc2)C3=O)OC1(C)C. The molecule has 1 saturated heterocycles. The number of rotatable bonds is 2. The van der Waals surface area contributed by atoms with E-state index in [9.17, 15) is 4.79 Å². The zero-order valence-corrected chi connectivity index (χ0v) is 15.1. The lowest BCUT2D eigenvalue weighted by molar-refractivity contribution is 0.00578. The van der Waals surface area contributed by atoms with Crippen molar-refractivity contribution in [2.45, 2.75) is 45.4 Å². The molecule has 0 atom stereocenters. The number of fused-ring (bicyclic) bond motifs is 1. The summed E-state index contributed by atoms with van der Waals surface area (Å²) in [5.74, 6) is 0.0274. The quantitative estimate of drug-likeness (QED) is 0.792. The molecule has 2 heterocycles. The van der Waals surface area contributed by atoms with Crippen molar-refractivity contribution in [3.63, 3.8) is 0 Å². The molecule has 0 N–H and O–H groups in total. The molecule has 0 radical (unpaired) electrons. The molecule has 0 unspecified atom stereocenters. The lowest BCUT2D eigenvalue weighted by atomic mass is 9.75. The van der Waals surface area contributed by atoms with Crippen LogP contribution in [-0.4, -0.2) is 24.2 Å². The van der Waals surface area contributed by atoms with Crippen LogP contribution in [0.3, 0.4) is 0 Å². The Morgan fingerprint density at radius 1 is 0.920 bits per heavy atom. The van der Waals surface area contributed by atoms with Gasteiger partial charge in [0.2, 0.25) is 0 Å². The fraction of sp³-hybridized carbons (Fsp3) is 0.350. The Kier molecular flexibility index (Phi) is 3.57. The van der Waals surface area contributed by atoms with E-state index < -0.39 is 18.3 Å². The lowest BCUT2D eigenvalue weighted by Crippen LogP contribution is -2.41. The van der Waals surface area contributed by atoms with Crippen LogP contribution in [0.5, 0.6) is 0 Å². The second kappa shape index (κ2) is 5.45. The maximum absolute atomic E-state index is 12.9. The number of amides is 1. The molecule has 0 aromatic heterocycles. The topological polar surface area (TPSA) is 38.8 Å². The highest BCUT2D eigenvalue weighted by Gasteiger charge is 2.52. The summed E-state index contributed by atoms with van der Waals surface area (Å²) in [5.41, 5.74) is 2.78. The van der Waals surface area contributed by atoms with Crippen molar-refractivity contribution >= 4 is 24.2 Å². The molecular formula is C20H22BNO3. The molecule has 2 aromatic carbocycles. The number of hydrogen-bond donors (Lipinski definition) is 0. The third-order valence-corrected chi connectivity index (χ3v) is 5.58. The summed E-state index contributed by atoms with van der Waals surface area (Å²) in [6.45, 7) is 8.70. The number of hydrogen-bond acceptors (Lipinski definition) is 3. The van der Waals surface area contributed by atoms with Crippen molar-refractivity contribution in [2.24, 2.45) is 0 Å². The van der Waals surface area contributed by atoms with Crippen LogP contribution in [0.2, 0.25) is 0 Å². The predicted molar refractivity (Wildman–Crippen MR) is 99.1 cm³/mol. The molecular weight excluding hydrogens is 313 g/mol. The monoisotopic (exact) mass is 335 g/mol. The summed E-state index contributed by atoms with van der Waals surface area (Å²) in [7, 11) is -0.455. The fourth-order valence-electron chi connectivity index (χ4n) is 3.36. The molecule has 2 aliphatic rings. The number of carbonyl (C=O) groups excluding carboxylic acids is 1. The van der Waals surface area contributed by atoms with E-state index in [0.717, 1.165) is 22.3 Å².